The molecule has 3 aliphatic heterocycles. The van der Waals surface area contributed by atoms with E-state index in [1.54, 1.807) is 24.4 Å². The van der Waals surface area contributed by atoms with Crippen molar-refractivity contribution >= 4 is 11.6 Å². The van der Waals surface area contributed by atoms with E-state index in [4.69, 9.17) is 0 Å². The van der Waals surface area contributed by atoms with Crippen molar-refractivity contribution in [1.82, 2.24) is 21.0 Å². The first kappa shape index (κ1) is 17.9. The zero-order chi connectivity index (χ0) is 19.7. The summed E-state index contributed by atoms with van der Waals surface area (Å²) in [5.74, 6) is -0.402. The van der Waals surface area contributed by atoms with Crippen LogP contribution in [0.2, 0.25) is 0 Å². The highest BCUT2D eigenvalue weighted by Crippen LogP contribution is 2.33. The number of carbonyl (C=O) groups excluding carboxylic acids is 1. The maximum absolute atomic E-state index is 13.3. The van der Waals surface area contributed by atoms with Crippen LogP contribution in [0.4, 0.5) is 13.2 Å². The number of hydrazone groups is 1. The van der Waals surface area contributed by atoms with Gasteiger partial charge in [0.1, 0.15) is 11.9 Å². The van der Waals surface area contributed by atoms with Gasteiger partial charge in [-0.25, -0.2) is 5.01 Å². The van der Waals surface area contributed by atoms with E-state index < -0.39 is 23.8 Å². The molecule has 0 bridgehead atoms. The normalized spacial score (nSPS) is 20.5. The Labute approximate surface area is 158 Å². The van der Waals surface area contributed by atoms with Crippen molar-refractivity contribution in [2.75, 3.05) is 6.54 Å². The topological polar surface area (TPSA) is 68.8 Å². The number of halogens is 3. The Balaban J connectivity index is 1.61. The number of benzene rings is 1. The van der Waals surface area contributed by atoms with Gasteiger partial charge >= 0.3 is 6.18 Å². The van der Waals surface area contributed by atoms with Gasteiger partial charge in [-0.1, -0.05) is 18.2 Å². The van der Waals surface area contributed by atoms with Crippen molar-refractivity contribution in [3.05, 3.63) is 83.5 Å². The number of allylic oxidation sites excluding steroid dienone is 3. The number of carbonyl (C=O) groups is 1. The van der Waals surface area contributed by atoms with Gasteiger partial charge in [-0.3, -0.25) is 4.79 Å². The smallest absolute Gasteiger partial charge is 0.385 e. The van der Waals surface area contributed by atoms with Crippen LogP contribution in [0.1, 0.15) is 11.1 Å². The molecule has 144 valence electrons. The van der Waals surface area contributed by atoms with Crippen LogP contribution in [0.15, 0.2) is 77.5 Å². The van der Waals surface area contributed by atoms with Gasteiger partial charge in [-0.15, -0.1) is 0 Å². The minimum Gasteiger partial charge on any atom is -0.385 e. The molecule has 9 heteroatoms. The second kappa shape index (κ2) is 6.91. The van der Waals surface area contributed by atoms with Gasteiger partial charge < -0.3 is 16.0 Å². The summed E-state index contributed by atoms with van der Waals surface area (Å²) in [4.78, 5) is 12.6. The van der Waals surface area contributed by atoms with E-state index in [1.807, 2.05) is 0 Å². The Kier molecular flexibility index (Phi) is 4.42. The van der Waals surface area contributed by atoms with E-state index in [9.17, 15) is 18.0 Å². The van der Waals surface area contributed by atoms with Gasteiger partial charge in [0.05, 0.1) is 17.8 Å². The Morgan fingerprint density at radius 1 is 1.29 bits per heavy atom. The van der Waals surface area contributed by atoms with Gasteiger partial charge in [-0.05, 0) is 36.6 Å². The number of rotatable bonds is 3. The van der Waals surface area contributed by atoms with Crippen LogP contribution >= 0.6 is 0 Å². The van der Waals surface area contributed by atoms with Crippen molar-refractivity contribution in [3.8, 4) is 0 Å². The summed E-state index contributed by atoms with van der Waals surface area (Å²) in [5, 5.41) is 14.4. The number of hydrogen-bond donors (Lipinski definition) is 3. The molecule has 28 heavy (non-hydrogen) atoms. The number of fused-ring (bicyclic) bond motifs is 1. The maximum atomic E-state index is 13.3. The molecule has 3 N–H and O–H groups in total. The van der Waals surface area contributed by atoms with Crippen LogP contribution in [-0.2, 0) is 11.0 Å². The molecule has 6 nitrogen and oxygen atoms in total. The Morgan fingerprint density at radius 2 is 2.11 bits per heavy atom. The van der Waals surface area contributed by atoms with Crippen molar-refractivity contribution in [2.45, 2.75) is 12.3 Å². The van der Waals surface area contributed by atoms with Crippen molar-refractivity contribution in [2.24, 2.45) is 5.10 Å². The molecular formula is C19H16F3N5O. The van der Waals surface area contributed by atoms with Gasteiger partial charge in [0.2, 0.25) is 0 Å². The molecule has 0 radical (unpaired) electrons. The van der Waals surface area contributed by atoms with Crippen LogP contribution < -0.4 is 16.0 Å². The highest BCUT2D eigenvalue weighted by atomic mass is 19.4. The molecule has 1 amide bonds. The lowest BCUT2D eigenvalue weighted by Crippen LogP contribution is -2.39. The van der Waals surface area contributed by atoms with E-state index in [0.717, 1.165) is 6.07 Å². The molecule has 1 unspecified atom stereocenters. The average molecular weight is 387 g/mol. The van der Waals surface area contributed by atoms with E-state index in [0.29, 0.717) is 12.2 Å². The van der Waals surface area contributed by atoms with Gasteiger partial charge in [0.25, 0.3) is 5.91 Å². The largest absolute Gasteiger partial charge is 0.417 e. The van der Waals surface area contributed by atoms with Crippen LogP contribution in [0.25, 0.3) is 0 Å². The fourth-order valence-electron chi connectivity index (χ4n) is 3.06. The molecule has 0 aliphatic carbocycles. The number of amides is 1. The minimum atomic E-state index is -4.50. The van der Waals surface area contributed by atoms with Gasteiger partial charge in [-0.2, -0.15) is 18.3 Å². The predicted octanol–water partition coefficient (Wildman–Crippen LogP) is 2.17. The molecule has 1 aromatic carbocycles. The SMILES string of the molecule is O=C(NC1=CC=CNC1)C1=CNC2C=CC(c3ccccc3C(F)(F)F)=NN12. The van der Waals surface area contributed by atoms with Crippen LogP contribution in [-0.4, -0.2) is 29.3 Å². The molecule has 0 aromatic heterocycles. The van der Waals surface area contributed by atoms with Gasteiger partial charge in [0, 0.05) is 17.5 Å². The maximum Gasteiger partial charge on any atom is 0.417 e. The Bertz CT molecular complexity index is 959. The molecular weight excluding hydrogens is 371 g/mol. The fourth-order valence-corrected chi connectivity index (χ4v) is 3.06. The highest BCUT2D eigenvalue weighted by Gasteiger charge is 2.36. The first-order valence-electron chi connectivity index (χ1n) is 8.53. The number of nitrogens with zero attached hydrogens (tertiary/aromatic N) is 2. The molecule has 1 aromatic rings. The van der Waals surface area contributed by atoms with Crippen LogP contribution in [0, 0.1) is 0 Å². The molecule has 0 saturated carbocycles. The number of dihydropyridines is 1. The summed E-state index contributed by atoms with van der Waals surface area (Å²) in [6.07, 6.45) is 5.03. The zero-order valence-electron chi connectivity index (χ0n) is 14.5. The monoisotopic (exact) mass is 387 g/mol. The lowest BCUT2D eigenvalue weighted by atomic mass is 10.0. The third-order valence-electron chi connectivity index (χ3n) is 4.37. The van der Waals surface area contributed by atoms with E-state index in [1.165, 1.54) is 35.5 Å². The molecule has 0 fully saturated rings. The standard InChI is InChI=1S/C19H16F3N5O/c20-19(21,22)14-6-2-1-5-13(14)15-7-8-17-24-11-16(27(17)26-15)18(28)25-12-4-3-9-23-10-12/h1-9,11,17,23-24H,10H2,(H,25,28). The number of alkyl halides is 3. The molecule has 3 heterocycles. The third-order valence-corrected chi connectivity index (χ3v) is 4.37. The Morgan fingerprint density at radius 3 is 2.86 bits per heavy atom. The molecule has 1 atom stereocenters. The van der Waals surface area contributed by atoms with Crippen LogP contribution in [0.3, 0.4) is 0 Å². The first-order chi connectivity index (χ1) is 13.4. The summed E-state index contributed by atoms with van der Waals surface area (Å²) < 4.78 is 40.0. The minimum absolute atomic E-state index is 0.0410. The van der Waals surface area contributed by atoms with Crippen molar-refractivity contribution in [3.63, 3.8) is 0 Å². The van der Waals surface area contributed by atoms with Gasteiger partial charge in [0.15, 0.2) is 0 Å². The second-order valence-corrected chi connectivity index (χ2v) is 6.26. The summed E-state index contributed by atoms with van der Waals surface area (Å²) >= 11 is 0. The summed E-state index contributed by atoms with van der Waals surface area (Å²) in [7, 11) is 0. The molecule has 4 rings (SSSR count). The molecule has 0 spiro atoms. The quantitative estimate of drug-likeness (QED) is 0.744. The summed E-state index contributed by atoms with van der Waals surface area (Å²) in [5.41, 5.74) is 0.209. The Hall–Kier alpha value is -3.49. The molecule has 0 saturated heterocycles. The average Bonchev–Trinajstić information content (AvgIpc) is 3.11. The number of nitrogens with one attached hydrogen (secondary N) is 3. The zero-order valence-corrected chi connectivity index (χ0v) is 14.5. The molecule has 3 aliphatic rings. The number of hydrogen-bond acceptors (Lipinski definition) is 5. The first-order valence-corrected chi connectivity index (χ1v) is 8.53. The van der Waals surface area contributed by atoms with Crippen molar-refractivity contribution in [1.29, 1.82) is 0 Å². The lowest BCUT2D eigenvalue weighted by Gasteiger charge is -2.26. The lowest BCUT2D eigenvalue weighted by molar-refractivity contribution is -0.137. The van der Waals surface area contributed by atoms with E-state index >= 15 is 0 Å². The van der Waals surface area contributed by atoms with Crippen LogP contribution in [0.5, 0.6) is 0 Å². The third kappa shape index (κ3) is 3.38. The predicted molar refractivity (Wildman–Crippen MR) is 97.3 cm³/mol. The van der Waals surface area contributed by atoms with Crippen molar-refractivity contribution < 1.29 is 18.0 Å². The fraction of sp³-hybridized carbons (Fsp3) is 0.158. The summed E-state index contributed by atoms with van der Waals surface area (Å²) in [6.45, 7) is 0.472. The highest BCUT2D eigenvalue weighted by molar-refractivity contribution is 6.10. The summed E-state index contributed by atoms with van der Waals surface area (Å²) in [6, 6.07) is 5.23. The second-order valence-electron chi connectivity index (χ2n) is 6.26. The van der Waals surface area contributed by atoms with E-state index in [2.05, 4.69) is 21.1 Å². The van der Waals surface area contributed by atoms with E-state index in [-0.39, 0.29) is 17.0 Å².